The fourth-order valence-corrected chi connectivity index (χ4v) is 2.14. The molecular weight excluding hydrogens is 288 g/mol. The zero-order chi connectivity index (χ0) is 16.8. The molecule has 0 atom stereocenters. The van der Waals surface area contributed by atoms with Gasteiger partial charge in [-0.3, -0.25) is 9.59 Å². The number of benzene rings is 2. The molecule has 118 valence electrons. The molecule has 0 bridgehead atoms. The Morgan fingerprint density at radius 3 is 2.43 bits per heavy atom. The van der Waals surface area contributed by atoms with Crippen LogP contribution in [0.25, 0.3) is 6.08 Å². The summed E-state index contributed by atoms with van der Waals surface area (Å²) in [5, 5.41) is 5.29. The van der Waals surface area contributed by atoms with Crippen LogP contribution in [-0.4, -0.2) is 18.9 Å². The maximum absolute atomic E-state index is 12.1. The van der Waals surface area contributed by atoms with Crippen molar-refractivity contribution in [3.63, 3.8) is 0 Å². The van der Waals surface area contributed by atoms with Crippen LogP contribution in [-0.2, 0) is 4.79 Å². The number of nitrogens with one attached hydrogen (secondary N) is 2. The van der Waals surface area contributed by atoms with Crippen LogP contribution in [0.1, 0.15) is 27.0 Å². The quantitative estimate of drug-likeness (QED) is 0.851. The fraction of sp³-hybridized carbons (Fsp3) is 0.158. The van der Waals surface area contributed by atoms with Crippen molar-refractivity contribution in [3.05, 3.63) is 70.8 Å². The third kappa shape index (κ3) is 4.30. The summed E-state index contributed by atoms with van der Waals surface area (Å²) in [6, 6.07) is 12.9. The Hall–Kier alpha value is -2.88. The molecule has 0 unspecified atom stereocenters. The molecule has 2 rings (SSSR count). The third-order valence-corrected chi connectivity index (χ3v) is 3.61. The summed E-state index contributed by atoms with van der Waals surface area (Å²) < 4.78 is 0. The highest BCUT2D eigenvalue weighted by Crippen LogP contribution is 2.15. The van der Waals surface area contributed by atoms with E-state index in [0.29, 0.717) is 11.3 Å². The predicted octanol–water partition coefficient (Wildman–Crippen LogP) is 3.31. The Morgan fingerprint density at radius 1 is 1.00 bits per heavy atom. The molecule has 0 aliphatic carbocycles. The Labute approximate surface area is 136 Å². The number of aryl methyl sites for hydroxylation is 2. The number of carbonyl (C=O) groups is 2. The first kappa shape index (κ1) is 16.5. The lowest BCUT2D eigenvalue weighted by Crippen LogP contribution is -2.20. The molecule has 2 N–H and O–H groups in total. The molecular formula is C19H20N2O2. The Morgan fingerprint density at radius 2 is 1.74 bits per heavy atom. The molecule has 0 aliphatic rings. The lowest BCUT2D eigenvalue weighted by Gasteiger charge is -2.08. The van der Waals surface area contributed by atoms with E-state index >= 15 is 0 Å². The number of anilines is 1. The summed E-state index contributed by atoms with van der Waals surface area (Å²) >= 11 is 0. The highest BCUT2D eigenvalue weighted by atomic mass is 16.2. The topological polar surface area (TPSA) is 58.2 Å². The van der Waals surface area contributed by atoms with Gasteiger partial charge in [0.05, 0.1) is 11.3 Å². The zero-order valence-corrected chi connectivity index (χ0v) is 13.5. The van der Waals surface area contributed by atoms with Crippen LogP contribution >= 0.6 is 0 Å². The average Bonchev–Trinajstić information content (AvgIpc) is 2.55. The summed E-state index contributed by atoms with van der Waals surface area (Å²) in [6.07, 6.45) is 3.22. The van der Waals surface area contributed by atoms with Crippen LogP contribution < -0.4 is 10.6 Å². The van der Waals surface area contributed by atoms with Crippen LogP contribution in [0.15, 0.2) is 48.5 Å². The Bertz CT molecular complexity index is 764. The normalized spacial score (nSPS) is 10.6. The average molecular weight is 308 g/mol. The van der Waals surface area contributed by atoms with Gasteiger partial charge in [-0.1, -0.05) is 30.3 Å². The van der Waals surface area contributed by atoms with E-state index in [0.717, 1.165) is 5.56 Å². The summed E-state index contributed by atoms with van der Waals surface area (Å²) in [7, 11) is 1.56. The second kappa shape index (κ2) is 7.40. The van der Waals surface area contributed by atoms with Gasteiger partial charge in [-0.15, -0.1) is 0 Å². The molecule has 0 aromatic heterocycles. The van der Waals surface area contributed by atoms with Gasteiger partial charge in [0.2, 0.25) is 5.91 Å². The lowest BCUT2D eigenvalue weighted by atomic mass is 10.1. The van der Waals surface area contributed by atoms with Gasteiger partial charge in [-0.25, -0.2) is 0 Å². The predicted molar refractivity (Wildman–Crippen MR) is 93.4 cm³/mol. The molecule has 23 heavy (non-hydrogen) atoms. The van der Waals surface area contributed by atoms with Crippen molar-refractivity contribution in [1.29, 1.82) is 0 Å². The second-order valence-electron chi connectivity index (χ2n) is 5.29. The molecule has 0 heterocycles. The minimum absolute atomic E-state index is 0.237. The standard InChI is InChI=1S/C19H20N2O2/c1-13-8-9-15(12-14(13)2)10-11-18(22)21-17-7-5-4-6-16(17)19(23)20-3/h4-12H,1-3H3,(H,20,23)(H,21,22)/b11-10+. The fourth-order valence-electron chi connectivity index (χ4n) is 2.14. The molecule has 0 spiro atoms. The Balaban J connectivity index is 2.12. The highest BCUT2D eigenvalue weighted by Gasteiger charge is 2.10. The molecule has 4 heteroatoms. The summed E-state index contributed by atoms with van der Waals surface area (Å²) in [5.41, 5.74) is 4.27. The zero-order valence-electron chi connectivity index (χ0n) is 13.5. The number of carbonyl (C=O) groups excluding carboxylic acids is 2. The van der Waals surface area contributed by atoms with Gasteiger partial charge in [-0.2, -0.15) is 0 Å². The molecule has 2 amide bonds. The van der Waals surface area contributed by atoms with Crippen LogP contribution in [0.5, 0.6) is 0 Å². The van der Waals surface area contributed by atoms with E-state index in [-0.39, 0.29) is 11.8 Å². The van der Waals surface area contributed by atoms with E-state index in [1.807, 2.05) is 32.0 Å². The molecule has 2 aromatic rings. The van der Waals surface area contributed by atoms with Crippen molar-refractivity contribution in [1.82, 2.24) is 5.32 Å². The van der Waals surface area contributed by atoms with Gasteiger partial charge >= 0.3 is 0 Å². The maximum atomic E-state index is 12.1. The van der Waals surface area contributed by atoms with Gasteiger partial charge in [0.1, 0.15) is 0 Å². The monoisotopic (exact) mass is 308 g/mol. The van der Waals surface area contributed by atoms with E-state index in [9.17, 15) is 9.59 Å². The SMILES string of the molecule is CNC(=O)c1ccccc1NC(=O)/C=C/c1ccc(C)c(C)c1. The van der Waals surface area contributed by atoms with Crippen LogP contribution in [0, 0.1) is 13.8 Å². The minimum Gasteiger partial charge on any atom is -0.355 e. The first-order chi connectivity index (χ1) is 11.0. The number of rotatable bonds is 4. The smallest absolute Gasteiger partial charge is 0.253 e. The van der Waals surface area contributed by atoms with Gasteiger partial charge in [0.15, 0.2) is 0 Å². The van der Waals surface area contributed by atoms with Crippen molar-refractivity contribution < 1.29 is 9.59 Å². The van der Waals surface area contributed by atoms with E-state index in [4.69, 9.17) is 0 Å². The third-order valence-electron chi connectivity index (χ3n) is 3.61. The number of para-hydroxylation sites is 1. The summed E-state index contributed by atoms with van der Waals surface area (Å²) in [4.78, 5) is 23.9. The first-order valence-corrected chi connectivity index (χ1v) is 7.38. The number of hydrogen-bond donors (Lipinski definition) is 2. The molecule has 0 radical (unpaired) electrons. The van der Waals surface area contributed by atoms with Crippen molar-refractivity contribution >= 4 is 23.6 Å². The van der Waals surface area contributed by atoms with Gasteiger partial charge in [0.25, 0.3) is 5.91 Å². The van der Waals surface area contributed by atoms with Crippen molar-refractivity contribution in [2.75, 3.05) is 12.4 Å². The van der Waals surface area contributed by atoms with E-state index in [1.54, 1.807) is 37.4 Å². The van der Waals surface area contributed by atoms with Crippen molar-refractivity contribution in [2.24, 2.45) is 0 Å². The molecule has 4 nitrogen and oxygen atoms in total. The van der Waals surface area contributed by atoms with Crippen LogP contribution in [0.2, 0.25) is 0 Å². The van der Waals surface area contributed by atoms with E-state index in [2.05, 4.69) is 10.6 Å². The molecule has 0 saturated carbocycles. The molecule has 0 fully saturated rings. The highest BCUT2D eigenvalue weighted by molar-refractivity contribution is 6.07. The summed E-state index contributed by atoms with van der Waals surface area (Å²) in [5.74, 6) is -0.515. The first-order valence-electron chi connectivity index (χ1n) is 7.38. The number of amides is 2. The van der Waals surface area contributed by atoms with Gasteiger partial charge < -0.3 is 10.6 Å². The minimum atomic E-state index is -0.278. The van der Waals surface area contributed by atoms with Crippen molar-refractivity contribution in [3.8, 4) is 0 Å². The van der Waals surface area contributed by atoms with Crippen molar-refractivity contribution in [2.45, 2.75) is 13.8 Å². The van der Waals surface area contributed by atoms with Gasteiger partial charge in [0, 0.05) is 13.1 Å². The van der Waals surface area contributed by atoms with Gasteiger partial charge in [-0.05, 0) is 48.7 Å². The largest absolute Gasteiger partial charge is 0.355 e. The Kier molecular flexibility index (Phi) is 5.31. The molecule has 2 aromatic carbocycles. The van der Waals surface area contributed by atoms with E-state index in [1.165, 1.54) is 17.2 Å². The second-order valence-corrected chi connectivity index (χ2v) is 5.29. The molecule has 0 saturated heterocycles. The van der Waals surface area contributed by atoms with E-state index < -0.39 is 0 Å². The van der Waals surface area contributed by atoms with Crippen LogP contribution in [0.4, 0.5) is 5.69 Å². The number of hydrogen-bond acceptors (Lipinski definition) is 2. The lowest BCUT2D eigenvalue weighted by molar-refractivity contribution is -0.111. The maximum Gasteiger partial charge on any atom is 0.253 e. The van der Waals surface area contributed by atoms with Crippen LogP contribution in [0.3, 0.4) is 0 Å². The molecule has 0 aliphatic heterocycles. The summed E-state index contributed by atoms with van der Waals surface area (Å²) in [6.45, 7) is 4.08.